The van der Waals surface area contributed by atoms with Crippen LogP contribution in [0.5, 0.6) is 0 Å². The fourth-order valence-corrected chi connectivity index (χ4v) is 4.55. The van der Waals surface area contributed by atoms with Gasteiger partial charge in [-0.25, -0.2) is 0 Å². The molecule has 2 heterocycles. The van der Waals surface area contributed by atoms with Gasteiger partial charge in [0, 0.05) is 17.1 Å². The van der Waals surface area contributed by atoms with Gasteiger partial charge in [0.15, 0.2) is 0 Å². The highest BCUT2D eigenvalue weighted by Crippen LogP contribution is 2.31. The number of thioether (sulfide) groups is 1. The number of rotatable bonds is 5. The molecule has 0 aliphatic carbocycles. The highest BCUT2D eigenvalue weighted by Gasteiger charge is 2.32. The molecular weight excluding hydrogens is 358 g/mol. The Bertz CT molecular complexity index is 997. The zero-order valence-electron chi connectivity index (χ0n) is 15.3. The van der Waals surface area contributed by atoms with Crippen molar-refractivity contribution in [1.82, 2.24) is 14.8 Å². The highest BCUT2D eigenvalue weighted by molar-refractivity contribution is 8.15. The van der Waals surface area contributed by atoms with Crippen LogP contribution in [0.25, 0.3) is 10.9 Å². The van der Waals surface area contributed by atoms with Crippen LogP contribution in [0, 0.1) is 0 Å². The second-order valence-electron chi connectivity index (χ2n) is 6.91. The van der Waals surface area contributed by atoms with Gasteiger partial charge in [-0.05, 0) is 43.8 Å². The number of carbonyl (C=O) groups is 2. The fraction of sp³-hybridized carbons (Fsp3) is 0.238. The summed E-state index contributed by atoms with van der Waals surface area (Å²) in [6.45, 7) is 0. The van der Waals surface area contributed by atoms with Gasteiger partial charge in [0.2, 0.25) is 5.91 Å². The van der Waals surface area contributed by atoms with Crippen molar-refractivity contribution in [2.24, 2.45) is 0 Å². The zero-order valence-corrected chi connectivity index (χ0v) is 16.1. The lowest BCUT2D eigenvalue weighted by Gasteiger charge is -2.27. The lowest BCUT2D eigenvalue weighted by molar-refractivity contribution is -0.118. The summed E-state index contributed by atoms with van der Waals surface area (Å²) in [6.07, 6.45) is 2.71. The van der Waals surface area contributed by atoms with Crippen molar-refractivity contribution in [2.45, 2.75) is 17.8 Å². The molecule has 2 atom stereocenters. The number of hydrogen-bond donors (Lipinski definition) is 1. The van der Waals surface area contributed by atoms with Crippen molar-refractivity contribution >= 4 is 33.8 Å². The normalized spacial score (nSPS) is 18.3. The minimum atomic E-state index is -0.356. The van der Waals surface area contributed by atoms with Crippen molar-refractivity contribution in [1.29, 1.82) is 0 Å². The molecule has 2 aromatic carbocycles. The molecule has 27 heavy (non-hydrogen) atoms. The first kappa shape index (κ1) is 17.8. The predicted molar refractivity (Wildman–Crippen MR) is 109 cm³/mol. The Hall–Kier alpha value is -2.57. The summed E-state index contributed by atoms with van der Waals surface area (Å²) in [7, 11) is 4.14. The van der Waals surface area contributed by atoms with Gasteiger partial charge in [-0.2, -0.15) is 0 Å². The first-order chi connectivity index (χ1) is 13.0. The predicted octanol–water partition coefficient (Wildman–Crippen LogP) is 3.64. The Morgan fingerprint density at radius 2 is 1.85 bits per heavy atom. The molecular formula is C21H21N3O2S. The standard InChI is InChI=1S/C21H21N3O2S/c1-23(2)20(14-7-4-3-5-8-14)24-12-11-16-15(9-6-10-17(16)24)13-18-19(25)22-21(26)27-18/h3-12,18,20H,13H2,1-2H3,(H,22,25,26). The SMILES string of the molecule is CN(C)C(c1ccccc1)n1ccc2c(CC3SC(=O)NC3=O)cccc21. The first-order valence-electron chi connectivity index (χ1n) is 8.86. The number of imide groups is 1. The van der Waals surface area contributed by atoms with Crippen molar-refractivity contribution in [3.8, 4) is 0 Å². The van der Waals surface area contributed by atoms with Crippen LogP contribution in [0.4, 0.5) is 4.79 Å². The average Bonchev–Trinajstić information content (AvgIpc) is 3.20. The molecule has 1 aromatic heterocycles. The smallest absolute Gasteiger partial charge is 0.286 e. The molecule has 138 valence electrons. The molecule has 0 saturated carbocycles. The van der Waals surface area contributed by atoms with Gasteiger partial charge in [-0.1, -0.05) is 54.2 Å². The molecule has 0 spiro atoms. The lowest BCUT2D eigenvalue weighted by atomic mass is 10.0. The summed E-state index contributed by atoms with van der Waals surface area (Å²) >= 11 is 1.08. The molecule has 2 unspecified atom stereocenters. The van der Waals surface area contributed by atoms with Crippen molar-refractivity contribution in [3.05, 3.63) is 71.9 Å². The third-order valence-corrected chi connectivity index (χ3v) is 5.86. The molecule has 5 nitrogen and oxygen atoms in total. The van der Waals surface area contributed by atoms with E-state index in [1.165, 1.54) is 5.56 Å². The monoisotopic (exact) mass is 379 g/mol. The summed E-state index contributed by atoms with van der Waals surface area (Å²) in [4.78, 5) is 25.6. The number of nitrogens with one attached hydrogen (secondary N) is 1. The van der Waals surface area contributed by atoms with Crippen LogP contribution in [0.15, 0.2) is 60.8 Å². The molecule has 1 aliphatic rings. The minimum absolute atomic E-state index is 0.0738. The van der Waals surface area contributed by atoms with E-state index in [4.69, 9.17) is 0 Å². The molecule has 1 N–H and O–H groups in total. The quantitative estimate of drug-likeness (QED) is 0.735. The molecule has 0 bridgehead atoms. The van der Waals surface area contributed by atoms with Crippen LogP contribution in [0.2, 0.25) is 0 Å². The van der Waals surface area contributed by atoms with Gasteiger partial charge < -0.3 is 4.57 Å². The van der Waals surface area contributed by atoms with Crippen LogP contribution in [-0.2, 0) is 11.2 Å². The number of aromatic nitrogens is 1. The van der Waals surface area contributed by atoms with Gasteiger partial charge in [0.1, 0.15) is 6.17 Å². The molecule has 2 amide bonds. The van der Waals surface area contributed by atoms with Crippen molar-refractivity contribution in [3.63, 3.8) is 0 Å². The van der Waals surface area contributed by atoms with Gasteiger partial charge >= 0.3 is 0 Å². The molecule has 0 radical (unpaired) electrons. The average molecular weight is 379 g/mol. The number of benzene rings is 2. The van der Waals surface area contributed by atoms with E-state index >= 15 is 0 Å². The first-order valence-corrected chi connectivity index (χ1v) is 9.74. The maximum atomic E-state index is 11.9. The van der Waals surface area contributed by atoms with E-state index in [1.54, 1.807) is 0 Å². The molecule has 4 rings (SSSR count). The Morgan fingerprint density at radius 1 is 1.07 bits per heavy atom. The van der Waals surface area contributed by atoms with Crippen LogP contribution < -0.4 is 5.32 Å². The molecule has 1 fully saturated rings. The fourth-order valence-electron chi connectivity index (χ4n) is 3.70. The van der Waals surface area contributed by atoms with E-state index in [0.717, 1.165) is 28.2 Å². The third-order valence-electron chi connectivity index (χ3n) is 4.88. The number of nitrogens with zero attached hydrogens (tertiary/aromatic N) is 2. The Balaban J connectivity index is 1.74. The minimum Gasteiger partial charge on any atom is -0.327 e. The van der Waals surface area contributed by atoms with E-state index in [2.05, 4.69) is 71.5 Å². The van der Waals surface area contributed by atoms with Crippen LogP contribution in [0.3, 0.4) is 0 Å². The van der Waals surface area contributed by atoms with E-state index < -0.39 is 0 Å². The van der Waals surface area contributed by atoms with E-state index in [-0.39, 0.29) is 22.6 Å². The third kappa shape index (κ3) is 3.38. The topological polar surface area (TPSA) is 54.3 Å². The van der Waals surface area contributed by atoms with Crippen LogP contribution in [-0.4, -0.2) is 40.0 Å². The second kappa shape index (κ2) is 7.21. The molecule has 1 saturated heterocycles. The summed E-state index contributed by atoms with van der Waals surface area (Å²) in [5, 5.41) is 2.87. The van der Waals surface area contributed by atoms with Crippen LogP contribution in [0.1, 0.15) is 17.3 Å². The number of hydrogen-bond acceptors (Lipinski definition) is 4. The van der Waals surface area contributed by atoms with Crippen LogP contribution >= 0.6 is 11.8 Å². The summed E-state index contributed by atoms with van der Waals surface area (Å²) < 4.78 is 2.25. The van der Waals surface area contributed by atoms with Crippen molar-refractivity contribution in [2.75, 3.05) is 14.1 Å². The Morgan fingerprint density at radius 3 is 2.52 bits per heavy atom. The summed E-state index contributed by atoms with van der Waals surface area (Å²) in [6, 6.07) is 18.6. The van der Waals surface area contributed by atoms with E-state index in [9.17, 15) is 9.59 Å². The van der Waals surface area contributed by atoms with Gasteiger partial charge in [-0.15, -0.1) is 0 Å². The maximum Gasteiger partial charge on any atom is 0.286 e. The Labute approximate surface area is 162 Å². The highest BCUT2D eigenvalue weighted by atomic mass is 32.2. The number of fused-ring (bicyclic) bond motifs is 1. The van der Waals surface area contributed by atoms with E-state index in [1.807, 2.05) is 18.2 Å². The van der Waals surface area contributed by atoms with Gasteiger partial charge in [0.05, 0.1) is 5.25 Å². The zero-order chi connectivity index (χ0) is 19.0. The maximum absolute atomic E-state index is 11.9. The Kier molecular flexibility index (Phi) is 4.76. The molecule has 6 heteroatoms. The number of carbonyl (C=O) groups excluding carboxylic acids is 2. The van der Waals surface area contributed by atoms with E-state index in [0.29, 0.717) is 6.42 Å². The second-order valence-corrected chi connectivity index (χ2v) is 8.08. The van der Waals surface area contributed by atoms with Gasteiger partial charge in [0.25, 0.3) is 5.24 Å². The molecule has 3 aromatic rings. The van der Waals surface area contributed by atoms with Crippen molar-refractivity contribution < 1.29 is 9.59 Å². The molecule has 1 aliphatic heterocycles. The summed E-state index contributed by atoms with van der Waals surface area (Å²) in [5.74, 6) is -0.197. The summed E-state index contributed by atoms with van der Waals surface area (Å²) in [5.41, 5.74) is 3.41. The van der Waals surface area contributed by atoms with Gasteiger partial charge in [-0.3, -0.25) is 19.8 Å². The lowest BCUT2D eigenvalue weighted by Crippen LogP contribution is -2.26. The number of amides is 2. The largest absolute Gasteiger partial charge is 0.327 e.